The molecule has 1 aromatic carbocycles. The van der Waals surface area contributed by atoms with E-state index >= 15 is 0 Å². The minimum atomic E-state index is -3.53. The Morgan fingerprint density at radius 2 is 2.05 bits per heavy atom. The van der Waals surface area contributed by atoms with Crippen LogP contribution in [0.2, 0.25) is 0 Å². The SMILES string of the molecule is COC(=O)Cc1ccc(S(=O)(=O)N2CCC(CO)C2)cc1. The molecular formula is C14H19NO5S. The molecule has 1 aliphatic heterocycles. The number of aliphatic hydroxyl groups is 1. The molecule has 0 spiro atoms. The van der Waals surface area contributed by atoms with Gasteiger partial charge < -0.3 is 9.84 Å². The predicted molar refractivity (Wildman–Crippen MR) is 76.1 cm³/mol. The third-order valence-corrected chi connectivity index (χ3v) is 5.52. The minimum absolute atomic E-state index is 0.00405. The first-order valence-electron chi connectivity index (χ1n) is 6.74. The molecule has 0 radical (unpaired) electrons. The second-order valence-electron chi connectivity index (χ2n) is 5.10. The number of aliphatic hydroxyl groups excluding tert-OH is 1. The standard InChI is InChI=1S/C14H19NO5S/c1-20-14(17)8-11-2-4-13(5-3-11)21(18,19)15-7-6-12(9-15)10-16/h2-5,12,16H,6-10H2,1H3. The van der Waals surface area contributed by atoms with Crippen molar-refractivity contribution in [2.24, 2.45) is 5.92 Å². The molecule has 2 rings (SSSR count). The largest absolute Gasteiger partial charge is 0.469 e. The topological polar surface area (TPSA) is 83.9 Å². The summed E-state index contributed by atoms with van der Waals surface area (Å²) >= 11 is 0. The van der Waals surface area contributed by atoms with Gasteiger partial charge in [0.1, 0.15) is 0 Å². The third kappa shape index (κ3) is 3.61. The van der Waals surface area contributed by atoms with Crippen LogP contribution in [-0.2, 0) is 26.0 Å². The van der Waals surface area contributed by atoms with Gasteiger partial charge in [0.2, 0.25) is 10.0 Å². The van der Waals surface area contributed by atoms with Crippen molar-refractivity contribution >= 4 is 16.0 Å². The van der Waals surface area contributed by atoms with Gasteiger partial charge in [-0.15, -0.1) is 0 Å². The van der Waals surface area contributed by atoms with E-state index in [0.29, 0.717) is 25.1 Å². The molecule has 6 nitrogen and oxygen atoms in total. The van der Waals surface area contributed by atoms with Crippen LogP contribution in [0.15, 0.2) is 29.2 Å². The normalized spacial score (nSPS) is 19.6. The number of ether oxygens (including phenoxy) is 1. The molecule has 0 aromatic heterocycles. The lowest BCUT2D eigenvalue weighted by Gasteiger charge is -2.16. The lowest BCUT2D eigenvalue weighted by atomic mass is 10.1. The fourth-order valence-electron chi connectivity index (χ4n) is 2.33. The molecule has 1 aliphatic rings. The van der Waals surface area contributed by atoms with Crippen LogP contribution >= 0.6 is 0 Å². The molecule has 1 saturated heterocycles. The lowest BCUT2D eigenvalue weighted by molar-refractivity contribution is -0.139. The van der Waals surface area contributed by atoms with E-state index in [2.05, 4.69) is 4.74 Å². The van der Waals surface area contributed by atoms with Crippen molar-refractivity contribution in [3.05, 3.63) is 29.8 Å². The summed E-state index contributed by atoms with van der Waals surface area (Å²) in [6.07, 6.45) is 0.795. The monoisotopic (exact) mass is 313 g/mol. The Hall–Kier alpha value is -1.44. The Labute approximate surface area is 124 Å². The first kappa shape index (κ1) is 15.9. The van der Waals surface area contributed by atoms with Crippen LogP contribution in [0, 0.1) is 5.92 Å². The number of benzene rings is 1. The van der Waals surface area contributed by atoms with E-state index in [4.69, 9.17) is 5.11 Å². The highest BCUT2D eigenvalue weighted by Gasteiger charge is 2.32. The fraction of sp³-hybridized carbons (Fsp3) is 0.500. The molecule has 0 saturated carbocycles. The number of rotatable bonds is 5. The summed E-state index contributed by atoms with van der Waals surface area (Å²) in [7, 11) is -2.21. The quantitative estimate of drug-likeness (QED) is 0.796. The van der Waals surface area contributed by atoms with E-state index < -0.39 is 10.0 Å². The van der Waals surface area contributed by atoms with Crippen LogP contribution in [-0.4, -0.2) is 50.6 Å². The maximum atomic E-state index is 12.4. The van der Waals surface area contributed by atoms with Gasteiger partial charge in [-0.25, -0.2) is 8.42 Å². The average molecular weight is 313 g/mol. The van der Waals surface area contributed by atoms with Gasteiger partial charge in [0.05, 0.1) is 18.4 Å². The highest BCUT2D eigenvalue weighted by molar-refractivity contribution is 7.89. The Morgan fingerprint density at radius 1 is 1.38 bits per heavy atom. The number of esters is 1. The number of carbonyl (C=O) groups is 1. The molecule has 1 heterocycles. The van der Waals surface area contributed by atoms with Gasteiger partial charge in [-0.05, 0) is 30.0 Å². The van der Waals surface area contributed by atoms with E-state index in [-0.39, 0.29) is 29.8 Å². The van der Waals surface area contributed by atoms with Gasteiger partial charge in [0.15, 0.2) is 0 Å². The van der Waals surface area contributed by atoms with Crippen LogP contribution in [0.5, 0.6) is 0 Å². The van der Waals surface area contributed by atoms with Gasteiger partial charge in [-0.3, -0.25) is 4.79 Å². The van der Waals surface area contributed by atoms with Crippen LogP contribution in [0.1, 0.15) is 12.0 Å². The van der Waals surface area contributed by atoms with Gasteiger partial charge in [-0.2, -0.15) is 4.31 Å². The zero-order chi connectivity index (χ0) is 15.5. The van der Waals surface area contributed by atoms with E-state index in [0.717, 1.165) is 0 Å². The summed E-state index contributed by atoms with van der Waals surface area (Å²) < 4.78 is 30.8. The second-order valence-corrected chi connectivity index (χ2v) is 7.04. The number of nitrogens with zero attached hydrogens (tertiary/aromatic N) is 1. The highest BCUT2D eigenvalue weighted by Crippen LogP contribution is 2.24. The Balaban J connectivity index is 2.12. The summed E-state index contributed by atoms with van der Waals surface area (Å²) in [6.45, 7) is 0.782. The fourth-order valence-corrected chi connectivity index (χ4v) is 3.86. The van der Waals surface area contributed by atoms with Crippen molar-refractivity contribution in [2.45, 2.75) is 17.7 Å². The average Bonchev–Trinajstić information content (AvgIpc) is 2.97. The Kier molecular flexibility index (Phi) is 4.97. The highest BCUT2D eigenvalue weighted by atomic mass is 32.2. The summed E-state index contributed by atoms with van der Waals surface area (Å²) in [5, 5.41) is 9.10. The van der Waals surface area contributed by atoms with Gasteiger partial charge in [0, 0.05) is 19.7 Å². The molecule has 116 valence electrons. The predicted octanol–water partition coefficient (Wildman–Crippen LogP) is 0.405. The van der Waals surface area contributed by atoms with Crippen LogP contribution in [0.4, 0.5) is 0 Å². The number of sulfonamides is 1. The van der Waals surface area contributed by atoms with Crippen LogP contribution in [0.25, 0.3) is 0 Å². The molecule has 0 aliphatic carbocycles. The first-order valence-corrected chi connectivity index (χ1v) is 8.18. The zero-order valence-electron chi connectivity index (χ0n) is 11.9. The zero-order valence-corrected chi connectivity index (χ0v) is 12.7. The van der Waals surface area contributed by atoms with E-state index in [1.54, 1.807) is 12.1 Å². The lowest BCUT2D eigenvalue weighted by Crippen LogP contribution is -2.29. The molecule has 7 heteroatoms. The number of carbonyl (C=O) groups excluding carboxylic acids is 1. The summed E-state index contributed by atoms with van der Waals surface area (Å²) in [4.78, 5) is 11.4. The molecule has 1 fully saturated rings. The maximum Gasteiger partial charge on any atom is 0.309 e. The van der Waals surface area contributed by atoms with Gasteiger partial charge in [-0.1, -0.05) is 12.1 Å². The molecule has 1 aromatic rings. The first-order chi connectivity index (χ1) is 9.97. The van der Waals surface area contributed by atoms with Gasteiger partial charge >= 0.3 is 5.97 Å². The third-order valence-electron chi connectivity index (χ3n) is 3.64. The van der Waals surface area contributed by atoms with Crippen molar-refractivity contribution in [3.63, 3.8) is 0 Å². The van der Waals surface area contributed by atoms with Crippen molar-refractivity contribution in [2.75, 3.05) is 26.8 Å². The second kappa shape index (κ2) is 6.55. The summed E-state index contributed by atoms with van der Waals surface area (Å²) in [5.74, 6) is -0.352. The molecule has 1 N–H and O–H groups in total. The Bertz CT molecular complexity index is 596. The molecular weight excluding hydrogens is 294 g/mol. The molecule has 1 unspecified atom stereocenters. The van der Waals surface area contributed by atoms with Gasteiger partial charge in [0.25, 0.3) is 0 Å². The van der Waals surface area contributed by atoms with Crippen molar-refractivity contribution in [1.82, 2.24) is 4.31 Å². The van der Waals surface area contributed by atoms with Crippen LogP contribution < -0.4 is 0 Å². The summed E-state index contributed by atoms with van der Waals surface area (Å²) in [5.41, 5.74) is 0.704. The minimum Gasteiger partial charge on any atom is -0.469 e. The van der Waals surface area contributed by atoms with Crippen molar-refractivity contribution < 1.29 is 23.1 Å². The Morgan fingerprint density at radius 3 is 2.57 bits per heavy atom. The van der Waals surface area contributed by atoms with Crippen LogP contribution in [0.3, 0.4) is 0 Å². The summed E-state index contributed by atoms with van der Waals surface area (Å²) in [6, 6.07) is 6.23. The smallest absolute Gasteiger partial charge is 0.309 e. The number of hydrogen-bond acceptors (Lipinski definition) is 5. The molecule has 21 heavy (non-hydrogen) atoms. The van der Waals surface area contributed by atoms with E-state index in [1.807, 2.05) is 0 Å². The van der Waals surface area contributed by atoms with E-state index in [1.165, 1.54) is 23.5 Å². The molecule has 0 amide bonds. The van der Waals surface area contributed by atoms with E-state index in [9.17, 15) is 13.2 Å². The maximum absolute atomic E-state index is 12.4. The van der Waals surface area contributed by atoms with Crippen molar-refractivity contribution in [1.29, 1.82) is 0 Å². The number of hydrogen-bond donors (Lipinski definition) is 1. The van der Waals surface area contributed by atoms with Crippen molar-refractivity contribution in [3.8, 4) is 0 Å². The number of methoxy groups -OCH3 is 1. The molecule has 0 bridgehead atoms. The molecule has 1 atom stereocenters.